The summed E-state index contributed by atoms with van der Waals surface area (Å²) in [6.07, 6.45) is -13.0. The highest BCUT2D eigenvalue weighted by Crippen LogP contribution is 2.37. The summed E-state index contributed by atoms with van der Waals surface area (Å²) < 4.78 is 27.7. The van der Waals surface area contributed by atoms with Gasteiger partial charge < -0.3 is 69.3 Å². The van der Waals surface area contributed by atoms with Crippen LogP contribution in [-0.2, 0) is 14.2 Å². The molecule has 2 aromatic carbocycles. The lowest BCUT2D eigenvalue weighted by Gasteiger charge is -2.40. The zero-order valence-corrected chi connectivity index (χ0v) is 21.8. The second-order valence-corrected chi connectivity index (χ2v) is 9.85. The first kappa shape index (κ1) is 29.2. The van der Waals surface area contributed by atoms with E-state index in [9.17, 15) is 50.8 Å². The van der Waals surface area contributed by atoms with Gasteiger partial charge in [0.15, 0.2) is 5.76 Å². The first-order valence-electron chi connectivity index (χ1n) is 12.6. The normalized spacial score (nSPS) is 29.8. The fourth-order valence-electron chi connectivity index (χ4n) is 4.55. The molecule has 0 radical (unpaired) electrons. The van der Waals surface area contributed by atoms with Crippen molar-refractivity contribution in [2.75, 3.05) is 6.61 Å². The van der Waals surface area contributed by atoms with Gasteiger partial charge in [0.1, 0.15) is 77.6 Å². The van der Waals surface area contributed by atoms with Gasteiger partial charge in [0, 0.05) is 17.7 Å². The lowest BCUT2D eigenvalue weighted by Crippen LogP contribution is -2.60. The van der Waals surface area contributed by atoms with E-state index in [1.807, 2.05) is 0 Å². The van der Waals surface area contributed by atoms with Crippen LogP contribution in [0.2, 0.25) is 0 Å². The minimum absolute atomic E-state index is 0.106. The van der Waals surface area contributed by atoms with Crippen LogP contribution in [0.1, 0.15) is 6.92 Å². The molecule has 0 bridgehead atoms. The molecular formula is C27H28O15. The molecule has 0 saturated carbocycles. The first-order valence-corrected chi connectivity index (χ1v) is 12.6. The maximum Gasteiger partial charge on any atom is 0.322 e. The summed E-state index contributed by atoms with van der Waals surface area (Å²) in [4.78, 5) is 13.5. The van der Waals surface area contributed by atoms with E-state index in [0.717, 1.165) is 12.1 Å². The monoisotopic (exact) mass is 592 g/mol. The Morgan fingerprint density at radius 3 is 2.24 bits per heavy atom. The third-order valence-electron chi connectivity index (χ3n) is 6.92. The Labute approximate surface area is 235 Å². The fraction of sp³-hybridized carbons (Fsp3) is 0.370. The molecular weight excluding hydrogens is 564 g/mol. The Balaban J connectivity index is 1.48. The van der Waals surface area contributed by atoms with E-state index in [2.05, 4.69) is 0 Å². The van der Waals surface area contributed by atoms with Crippen molar-refractivity contribution in [1.82, 2.24) is 0 Å². The number of benzene rings is 2. The summed E-state index contributed by atoms with van der Waals surface area (Å²) in [5, 5.41) is 91.1. The van der Waals surface area contributed by atoms with Crippen LogP contribution in [0.5, 0.6) is 23.0 Å². The van der Waals surface area contributed by atoms with Gasteiger partial charge in [-0.25, -0.2) is 0 Å². The van der Waals surface area contributed by atoms with Crippen LogP contribution >= 0.6 is 0 Å². The van der Waals surface area contributed by atoms with Gasteiger partial charge in [-0.2, -0.15) is 0 Å². The predicted molar refractivity (Wildman–Crippen MR) is 138 cm³/mol. The fourth-order valence-corrected chi connectivity index (χ4v) is 4.55. The van der Waals surface area contributed by atoms with Gasteiger partial charge in [0.05, 0.1) is 0 Å². The number of hydrogen-bond donors (Lipinski definition) is 9. The maximum atomic E-state index is 13.5. The molecule has 0 amide bonds. The van der Waals surface area contributed by atoms with E-state index in [-0.39, 0.29) is 28.0 Å². The molecule has 5 rings (SSSR count). The third kappa shape index (κ3) is 5.24. The lowest BCUT2D eigenvalue weighted by atomic mass is 9.99. The number of phenols is 3. The molecule has 5 unspecified atom stereocenters. The number of ether oxygens (including phenoxy) is 4. The molecule has 1 aromatic heterocycles. The molecule has 9 N–H and O–H groups in total. The quantitative estimate of drug-likeness (QED) is 0.177. The SMILES string of the molecule is CC1OC(OCC2O[C@@H](Oc3c(-c4ccc(O)cc4)oc4cc(O)cc(O)c4c3=O)C(O)C(O)[C@@H]2O)=C(O)C(O)[C@H]1O. The van der Waals surface area contributed by atoms with Gasteiger partial charge in [-0.05, 0) is 31.2 Å². The van der Waals surface area contributed by atoms with Gasteiger partial charge in [0.2, 0.25) is 23.2 Å². The van der Waals surface area contributed by atoms with Gasteiger partial charge in [-0.15, -0.1) is 0 Å². The summed E-state index contributed by atoms with van der Waals surface area (Å²) in [7, 11) is 0. The molecule has 42 heavy (non-hydrogen) atoms. The van der Waals surface area contributed by atoms with Crippen LogP contribution in [0.15, 0.2) is 57.3 Å². The number of aromatic hydroxyl groups is 3. The van der Waals surface area contributed by atoms with Gasteiger partial charge in [-0.1, -0.05) is 0 Å². The number of aliphatic hydroxyl groups excluding tert-OH is 6. The van der Waals surface area contributed by atoms with Crippen LogP contribution in [0, 0.1) is 0 Å². The smallest absolute Gasteiger partial charge is 0.322 e. The summed E-state index contributed by atoms with van der Waals surface area (Å²) in [5.74, 6) is -3.40. The molecule has 8 atom stereocenters. The highest BCUT2D eigenvalue weighted by molar-refractivity contribution is 5.88. The summed E-state index contributed by atoms with van der Waals surface area (Å²) >= 11 is 0. The van der Waals surface area contributed by atoms with Crippen LogP contribution in [0.3, 0.4) is 0 Å². The highest BCUT2D eigenvalue weighted by Gasteiger charge is 2.47. The second kappa shape index (κ2) is 11.2. The number of fused-ring (bicyclic) bond motifs is 1. The molecule has 2 aliphatic heterocycles. The van der Waals surface area contributed by atoms with Crippen molar-refractivity contribution < 1.29 is 69.3 Å². The average Bonchev–Trinajstić information content (AvgIpc) is 2.95. The van der Waals surface area contributed by atoms with Crippen molar-refractivity contribution in [2.45, 2.75) is 55.9 Å². The molecule has 1 saturated heterocycles. The van der Waals surface area contributed by atoms with E-state index in [0.29, 0.717) is 0 Å². The summed E-state index contributed by atoms with van der Waals surface area (Å²) in [5.41, 5.74) is -0.975. The Hall–Kier alpha value is -4.25. The average molecular weight is 593 g/mol. The largest absolute Gasteiger partial charge is 0.508 e. The van der Waals surface area contributed by atoms with Crippen LogP contribution in [0.25, 0.3) is 22.3 Å². The topological polar surface area (TPSA) is 249 Å². The van der Waals surface area contributed by atoms with Crippen molar-refractivity contribution >= 4 is 11.0 Å². The van der Waals surface area contributed by atoms with Gasteiger partial charge in [0.25, 0.3) is 0 Å². The van der Waals surface area contributed by atoms with Crippen LogP contribution in [0.4, 0.5) is 0 Å². The Kier molecular flexibility index (Phi) is 7.80. The van der Waals surface area contributed by atoms with Crippen molar-refractivity contribution in [2.24, 2.45) is 0 Å². The van der Waals surface area contributed by atoms with E-state index in [1.54, 1.807) is 0 Å². The van der Waals surface area contributed by atoms with Crippen molar-refractivity contribution in [3.63, 3.8) is 0 Å². The minimum Gasteiger partial charge on any atom is -0.508 e. The Bertz CT molecular complexity index is 1550. The lowest BCUT2D eigenvalue weighted by molar-refractivity contribution is -0.281. The van der Waals surface area contributed by atoms with Crippen LogP contribution in [-0.4, -0.2) is 102 Å². The van der Waals surface area contributed by atoms with Crippen molar-refractivity contribution in [1.29, 1.82) is 0 Å². The predicted octanol–water partition coefficient (Wildman–Crippen LogP) is -0.353. The van der Waals surface area contributed by atoms with Crippen molar-refractivity contribution in [3.05, 3.63) is 58.3 Å². The molecule has 15 heteroatoms. The third-order valence-corrected chi connectivity index (χ3v) is 6.92. The zero-order valence-electron chi connectivity index (χ0n) is 21.8. The maximum absolute atomic E-state index is 13.5. The number of rotatable bonds is 6. The van der Waals surface area contributed by atoms with Gasteiger partial charge >= 0.3 is 5.95 Å². The molecule has 0 spiro atoms. The molecule has 0 aliphatic carbocycles. The van der Waals surface area contributed by atoms with E-state index >= 15 is 0 Å². The molecule has 3 aromatic rings. The zero-order chi connectivity index (χ0) is 30.5. The second-order valence-electron chi connectivity index (χ2n) is 9.85. The Morgan fingerprint density at radius 1 is 0.857 bits per heavy atom. The summed E-state index contributed by atoms with van der Waals surface area (Å²) in [6.45, 7) is 0.774. The van der Waals surface area contributed by atoms with E-state index in [4.69, 9.17) is 23.4 Å². The molecule has 3 heterocycles. The van der Waals surface area contributed by atoms with E-state index < -0.39 is 90.0 Å². The molecule has 15 nitrogen and oxygen atoms in total. The molecule has 2 aliphatic rings. The number of phenolic OH excluding ortho intramolecular Hbond substituents is 3. The number of hydrogen-bond acceptors (Lipinski definition) is 15. The van der Waals surface area contributed by atoms with Crippen LogP contribution < -0.4 is 10.2 Å². The Morgan fingerprint density at radius 2 is 1.55 bits per heavy atom. The minimum atomic E-state index is -1.93. The molecule has 1 fully saturated rings. The van der Waals surface area contributed by atoms with Gasteiger partial charge in [-0.3, -0.25) is 4.79 Å². The standard InChI is InChI=1S/C27H28O15/c1-9-17(31)20(34)22(36)26(39-9)38-8-15-18(32)21(35)23(37)27(41-15)42-25-19(33)16-13(30)6-12(29)7-14(16)40-24(25)10-2-4-11(28)5-3-10/h2-7,9,15,17-18,20-21,23,27-32,34-37H,8H2,1H3/t9?,15?,17-,18+,20?,21?,23?,27-/m0/s1. The van der Waals surface area contributed by atoms with Crippen molar-refractivity contribution in [3.8, 4) is 34.3 Å². The highest BCUT2D eigenvalue weighted by atomic mass is 16.7. The van der Waals surface area contributed by atoms with E-state index in [1.165, 1.54) is 31.2 Å². The first-order chi connectivity index (χ1) is 19.9. The summed E-state index contributed by atoms with van der Waals surface area (Å²) in [6, 6.07) is 7.31. The molecule has 226 valence electrons. The number of aliphatic hydroxyl groups is 6.